The molecule has 1 heterocycles. The summed E-state index contributed by atoms with van der Waals surface area (Å²) in [6, 6.07) is 3.30. The fraction of sp³-hybridized carbons (Fsp3) is 0.333. The fourth-order valence-electron chi connectivity index (χ4n) is 1.84. The molecule has 0 aliphatic rings. The van der Waals surface area contributed by atoms with Crippen LogP contribution in [0.25, 0.3) is 11.4 Å². The summed E-state index contributed by atoms with van der Waals surface area (Å²) in [5, 5.41) is 7.89. The van der Waals surface area contributed by atoms with Crippen molar-refractivity contribution in [3.8, 4) is 11.4 Å². The zero-order chi connectivity index (χ0) is 13.1. The highest BCUT2D eigenvalue weighted by Gasteiger charge is 2.13. The maximum atomic E-state index is 13.2. The zero-order valence-electron chi connectivity index (χ0n) is 10.0. The van der Waals surface area contributed by atoms with Gasteiger partial charge in [0.05, 0.1) is 6.54 Å². The number of nitrogens with zero attached hydrogens (tertiary/aromatic N) is 3. The normalized spacial score (nSPS) is 10.9. The molecule has 1 aromatic carbocycles. The summed E-state index contributed by atoms with van der Waals surface area (Å²) in [6.45, 7) is 2.90. The molecule has 2 aromatic rings. The lowest BCUT2D eigenvalue weighted by atomic mass is 10.2. The van der Waals surface area contributed by atoms with Gasteiger partial charge in [-0.15, -0.1) is 10.2 Å². The van der Waals surface area contributed by atoms with Crippen LogP contribution in [0.2, 0.25) is 0 Å². The number of nitrogens with two attached hydrogens (primary N) is 1. The molecule has 0 fully saturated rings. The van der Waals surface area contributed by atoms with Crippen LogP contribution < -0.4 is 5.73 Å². The first-order valence-corrected chi connectivity index (χ1v) is 5.74. The highest BCUT2D eigenvalue weighted by atomic mass is 19.1. The van der Waals surface area contributed by atoms with E-state index >= 15 is 0 Å². The van der Waals surface area contributed by atoms with Gasteiger partial charge in [-0.1, -0.05) is 6.92 Å². The minimum absolute atomic E-state index is 0.241. The Balaban J connectivity index is 2.52. The summed E-state index contributed by atoms with van der Waals surface area (Å²) in [5.41, 5.74) is 5.93. The van der Waals surface area contributed by atoms with Gasteiger partial charge in [-0.25, -0.2) is 8.78 Å². The Kier molecular flexibility index (Phi) is 3.66. The molecule has 6 heteroatoms. The molecule has 0 atom stereocenters. The smallest absolute Gasteiger partial charge is 0.164 e. The lowest BCUT2D eigenvalue weighted by Gasteiger charge is -2.08. The van der Waals surface area contributed by atoms with Crippen molar-refractivity contribution in [2.75, 3.05) is 0 Å². The van der Waals surface area contributed by atoms with E-state index in [0.29, 0.717) is 23.8 Å². The van der Waals surface area contributed by atoms with E-state index in [9.17, 15) is 8.78 Å². The van der Waals surface area contributed by atoms with E-state index in [2.05, 4.69) is 10.2 Å². The van der Waals surface area contributed by atoms with Gasteiger partial charge in [0.15, 0.2) is 5.82 Å². The highest BCUT2D eigenvalue weighted by Crippen LogP contribution is 2.21. The Morgan fingerprint density at radius 3 is 2.39 bits per heavy atom. The second-order valence-electron chi connectivity index (χ2n) is 3.95. The van der Waals surface area contributed by atoms with Crippen LogP contribution in [0.3, 0.4) is 0 Å². The van der Waals surface area contributed by atoms with Crippen molar-refractivity contribution in [2.24, 2.45) is 5.73 Å². The van der Waals surface area contributed by atoms with Crippen LogP contribution in [0, 0.1) is 11.6 Å². The van der Waals surface area contributed by atoms with Crippen LogP contribution >= 0.6 is 0 Å². The number of hydrogen-bond donors (Lipinski definition) is 1. The summed E-state index contributed by atoms with van der Waals surface area (Å²) >= 11 is 0. The number of halogens is 2. The number of aromatic nitrogens is 3. The first-order valence-electron chi connectivity index (χ1n) is 5.74. The van der Waals surface area contributed by atoms with Gasteiger partial charge < -0.3 is 10.3 Å². The molecule has 4 nitrogen and oxygen atoms in total. The number of rotatable bonds is 4. The van der Waals surface area contributed by atoms with E-state index in [1.54, 1.807) is 4.57 Å². The van der Waals surface area contributed by atoms with E-state index in [4.69, 9.17) is 5.73 Å². The van der Waals surface area contributed by atoms with Gasteiger partial charge in [0.1, 0.15) is 17.5 Å². The Bertz CT molecular complexity index is 531. The largest absolute Gasteiger partial charge is 0.324 e. The molecule has 0 aliphatic heterocycles. The maximum absolute atomic E-state index is 13.2. The van der Waals surface area contributed by atoms with Gasteiger partial charge in [-0.2, -0.15) is 0 Å². The van der Waals surface area contributed by atoms with Gasteiger partial charge in [0.25, 0.3) is 0 Å². The topological polar surface area (TPSA) is 56.7 Å². The molecular weight excluding hydrogens is 238 g/mol. The summed E-state index contributed by atoms with van der Waals surface area (Å²) in [6.07, 6.45) is 0.857. The molecule has 2 N–H and O–H groups in total. The lowest BCUT2D eigenvalue weighted by molar-refractivity contribution is 0.583. The SMILES string of the molecule is CCCn1c(CN)nnc1-c1cc(F)cc(F)c1. The third-order valence-corrected chi connectivity index (χ3v) is 2.58. The molecule has 0 saturated heterocycles. The minimum atomic E-state index is -0.634. The van der Waals surface area contributed by atoms with Crippen molar-refractivity contribution in [3.63, 3.8) is 0 Å². The average molecular weight is 252 g/mol. The highest BCUT2D eigenvalue weighted by molar-refractivity contribution is 5.55. The molecule has 0 radical (unpaired) electrons. The summed E-state index contributed by atoms with van der Waals surface area (Å²) < 4.78 is 28.2. The Hall–Kier alpha value is -1.82. The fourth-order valence-corrected chi connectivity index (χ4v) is 1.84. The van der Waals surface area contributed by atoms with Gasteiger partial charge in [-0.3, -0.25) is 0 Å². The van der Waals surface area contributed by atoms with Gasteiger partial charge in [0.2, 0.25) is 0 Å². The molecule has 2 rings (SSSR count). The van der Waals surface area contributed by atoms with Crippen LogP contribution in [0.15, 0.2) is 18.2 Å². The first kappa shape index (κ1) is 12.6. The lowest BCUT2D eigenvalue weighted by Crippen LogP contribution is -2.09. The van der Waals surface area contributed by atoms with E-state index < -0.39 is 11.6 Å². The molecule has 0 aliphatic carbocycles. The van der Waals surface area contributed by atoms with Crippen LogP contribution in [0.5, 0.6) is 0 Å². The van der Waals surface area contributed by atoms with Crippen molar-refractivity contribution >= 4 is 0 Å². The predicted octanol–water partition coefficient (Wildman–Crippen LogP) is 2.09. The molecule has 18 heavy (non-hydrogen) atoms. The Labute approximate surface area is 103 Å². The van der Waals surface area contributed by atoms with E-state index in [-0.39, 0.29) is 6.54 Å². The second-order valence-corrected chi connectivity index (χ2v) is 3.95. The van der Waals surface area contributed by atoms with E-state index in [1.165, 1.54) is 12.1 Å². The van der Waals surface area contributed by atoms with Crippen molar-refractivity contribution < 1.29 is 8.78 Å². The summed E-state index contributed by atoms with van der Waals surface area (Å²) in [4.78, 5) is 0. The molecule has 0 unspecified atom stereocenters. The summed E-state index contributed by atoms with van der Waals surface area (Å²) in [7, 11) is 0. The molecule has 0 bridgehead atoms. The number of benzene rings is 1. The average Bonchev–Trinajstić information content (AvgIpc) is 2.71. The van der Waals surface area contributed by atoms with E-state index in [1.807, 2.05) is 6.92 Å². The quantitative estimate of drug-likeness (QED) is 0.906. The second kappa shape index (κ2) is 5.22. The van der Waals surface area contributed by atoms with Crippen molar-refractivity contribution in [3.05, 3.63) is 35.7 Å². The van der Waals surface area contributed by atoms with Crippen LogP contribution in [-0.4, -0.2) is 14.8 Å². The maximum Gasteiger partial charge on any atom is 0.164 e. The molecule has 0 amide bonds. The Morgan fingerprint density at radius 1 is 1.17 bits per heavy atom. The van der Waals surface area contributed by atoms with Crippen molar-refractivity contribution in [1.29, 1.82) is 0 Å². The van der Waals surface area contributed by atoms with Gasteiger partial charge >= 0.3 is 0 Å². The third-order valence-electron chi connectivity index (χ3n) is 2.58. The van der Waals surface area contributed by atoms with E-state index in [0.717, 1.165) is 12.5 Å². The molecule has 1 aromatic heterocycles. The third kappa shape index (κ3) is 2.38. The zero-order valence-corrected chi connectivity index (χ0v) is 10.0. The van der Waals surface area contributed by atoms with Gasteiger partial charge in [0, 0.05) is 18.2 Å². The molecular formula is C12H14F2N4. The minimum Gasteiger partial charge on any atom is -0.324 e. The van der Waals surface area contributed by atoms with Gasteiger partial charge in [-0.05, 0) is 18.6 Å². The number of hydrogen-bond acceptors (Lipinski definition) is 3. The van der Waals surface area contributed by atoms with Crippen molar-refractivity contribution in [2.45, 2.75) is 26.4 Å². The van der Waals surface area contributed by atoms with Crippen LogP contribution in [0.1, 0.15) is 19.2 Å². The summed E-state index contributed by atoms with van der Waals surface area (Å²) in [5.74, 6) is -0.220. The van der Waals surface area contributed by atoms with Crippen LogP contribution in [-0.2, 0) is 13.1 Å². The molecule has 0 saturated carbocycles. The van der Waals surface area contributed by atoms with Crippen LogP contribution in [0.4, 0.5) is 8.78 Å². The Morgan fingerprint density at radius 2 is 1.83 bits per heavy atom. The monoisotopic (exact) mass is 252 g/mol. The predicted molar refractivity (Wildman–Crippen MR) is 63.6 cm³/mol. The molecule has 0 spiro atoms. The van der Waals surface area contributed by atoms with Crippen molar-refractivity contribution in [1.82, 2.24) is 14.8 Å². The molecule has 96 valence electrons. The standard InChI is InChI=1S/C12H14F2N4/c1-2-3-18-11(7-15)16-17-12(18)8-4-9(13)6-10(14)5-8/h4-6H,2-3,7,15H2,1H3. The first-order chi connectivity index (χ1) is 8.65.